The number of benzene rings is 1. The van der Waals surface area contributed by atoms with E-state index in [2.05, 4.69) is 51.6 Å². The van der Waals surface area contributed by atoms with Crippen LogP contribution in [0.2, 0.25) is 0 Å². The lowest BCUT2D eigenvalue weighted by molar-refractivity contribution is 0.0911. The minimum absolute atomic E-state index is 0.0226. The molecule has 2 aromatic heterocycles. The molecule has 0 aliphatic carbocycles. The van der Waals surface area contributed by atoms with Gasteiger partial charge >= 0.3 is 0 Å². The van der Waals surface area contributed by atoms with Crippen molar-refractivity contribution in [1.29, 1.82) is 0 Å². The predicted molar refractivity (Wildman–Crippen MR) is 96.4 cm³/mol. The lowest BCUT2D eigenvalue weighted by atomic mass is 9.88. The summed E-state index contributed by atoms with van der Waals surface area (Å²) in [5.74, 6) is -0.187. The Morgan fingerprint density at radius 2 is 2.28 bits per heavy atom. The fraction of sp³-hybridized carbons (Fsp3) is 0.389. The molecule has 0 bridgehead atoms. The van der Waals surface area contributed by atoms with Gasteiger partial charge in [-0.15, -0.1) is 0 Å². The molecule has 1 unspecified atom stereocenters. The summed E-state index contributed by atoms with van der Waals surface area (Å²) in [4.78, 5) is 18.6. The third-order valence-corrected chi connectivity index (χ3v) is 5.68. The van der Waals surface area contributed by atoms with E-state index in [1.165, 1.54) is 22.7 Å². The number of hydrogen-bond donors (Lipinski definition) is 1. The number of carbonyl (C=O) groups excluding carboxylic acids is 1. The molecule has 3 heterocycles. The van der Waals surface area contributed by atoms with Crippen molar-refractivity contribution in [2.45, 2.75) is 26.4 Å². The average molecular weight is 356 g/mol. The fourth-order valence-corrected chi connectivity index (χ4v) is 4.23. The largest absolute Gasteiger partial charge is 0.451 e. The minimum atomic E-state index is -0.187. The Labute approximate surface area is 150 Å². The van der Waals surface area contributed by atoms with E-state index in [0.717, 1.165) is 25.3 Å². The van der Waals surface area contributed by atoms with Gasteiger partial charge < -0.3 is 9.73 Å². The second kappa shape index (κ2) is 6.24. The topological polar surface area (TPSA) is 71.3 Å². The number of rotatable bonds is 4. The summed E-state index contributed by atoms with van der Waals surface area (Å²) in [5, 5.41) is 4.32. The molecule has 1 aliphatic heterocycles. The summed E-state index contributed by atoms with van der Waals surface area (Å²) < 4.78 is 10.7. The van der Waals surface area contributed by atoms with E-state index in [-0.39, 0.29) is 17.4 Å². The van der Waals surface area contributed by atoms with Crippen LogP contribution in [0, 0.1) is 5.41 Å². The van der Waals surface area contributed by atoms with Crippen molar-refractivity contribution in [3.8, 4) is 0 Å². The molecule has 0 saturated carbocycles. The van der Waals surface area contributed by atoms with Crippen molar-refractivity contribution in [3.63, 3.8) is 0 Å². The van der Waals surface area contributed by atoms with Gasteiger partial charge in [0.1, 0.15) is 6.26 Å². The normalized spacial score (nSPS) is 20.2. The van der Waals surface area contributed by atoms with Crippen LogP contribution in [0.5, 0.6) is 0 Å². The van der Waals surface area contributed by atoms with E-state index in [1.54, 1.807) is 11.5 Å². The van der Waals surface area contributed by atoms with E-state index in [1.807, 2.05) is 6.07 Å². The Morgan fingerprint density at radius 1 is 1.44 bits per heavy atom. The average Bonchev–Trinajstić information content (AvgIpc) is 3.29. The van der Waals surface area contributed by atoms with Crippen LogP contribution in [0.3, 0.4) is 0 Å². The number of hydrogen-bond acceptors (Lipinski definition) is 6. The van der Waals surface area contributed by atoms with E-state index in [4.69, 9.17) is 4.42 Å². The molecule has 1 amide bonds. The van der Waals surface area contributed by atoms with Crippen LogP contribution in [-0.4, -0.2) is 39.3 Å². The number of oxazole rings is 1. The fourth-order valence-electron chi connectivity index (χ4n) is 3.44. The van der Waals surface area contributed by atoms with Gasteiger partial charge in [0.2, 0.25) is 0 Å². The molecule has 1 saturated heterocycles. The number of carbonyl (C=O) groups is 1. The van der Waals surface area contributed by atoms with Crippen molar-refractivity contribution >= 4 is 27.5 Å². The van der Waals surface area contributed by atoms with E-state index in [0.29, 0.717) is 5.69 Å². The Morgan fingerprint density at radius 3 is 3.08 bits per heavy atom. The van der Waals surface area contributed by atoms with Gasteiger partial charge in [0, 0.05) is 31.1 Å². The predicted octanol–water partition coefficient (Wildman–Crippen LogP) is 2.92. The van der Waals surface area contributed by atoms with Crippen LogP contribution in [0.15, 0.2) is 41.3 Å². The molecule has 130 valence electrons. The number of amides is 1. The zero-order chi connectivity index (χ0) is 17.4. The quantitative estimate of drug-likeness (QED) is 0.778. The van der Waals surface area contributed by atoms with Gasteiger partial charge in [0.25, 0.3) is 5.91 Å². The molecular weight excluding hydrogens is 336 g/mol. The molecular formula is C18H20N4O2S. The molecule has 6 nitrogen and oxygen atoms in total. The van der Waals surface area contributed by atoms with E-state index in [9.17, 15) is 4.79 Å². The van der Waals surface area contributed by atoms with Crippen molar-refractivity contribution in [1.82, 2.24) is 19.6 Å². The molecule has 1 N–H and O–H groups in total. The van der Waals surface area contributed by atoms with Gasteiger partial charge in [0.15, 0.2) is 12.1 Å². The number of nitrogens with one attached hydrogen (secondary N) is 1. The molecule has 3 aromatic rings. The lowest BCUT2D eigenvalue weighted by Gasteiger charge is -2.26. The van der Waals surface area contributed by atoms with Gasteiger partial charge in [0.05, 0.1) is 10.4 Å². The first-order valence-electron chi connectivity index (χ1n) is 8.28. The van der Waals surface area contributed by atoms with Crippen LogP contribution < -0.4 is 5.32 Å². The van der Waals surface area contributed by atoms with E-state index < -0.39 is 0 Å². The molecule has 25 heavy (non-hydrogen) atoms. The van der Waals surface area contributed by atoms with Crippen molar-refractivity contribution in [3.05, 3.63) is 48.3 Å². The highest BCUT2D eigenvalue weighted by atomic mass is 32.1. The second-order valence-corrected chi connectivity index (χ2v) is 7.99. The van der Waals surface area contributed by atoms with Gasteiger partial charge in [-0.25, -0.2) is 4.98 Å². The van der Waals surface area contributed by atoms with Crippen LogP contribution in [0.25, 0.3) is 10.1 Å². The number of likely N-dealkylation sites (tertiary alicyclic amines) is 1. The Kier molecular flexibility index (Phi) is 4.05. The molecule has 0 spiro atoms. The summed E-state index contributed by atoms with van der Waals surface area (Å²) in [6.45, 7) is 6.86. The van der Waals surface area contributed by atoms with Crippen molar-refractivity contribution in [2.75, 3.05) is 13.1 Å². The van der Waals surface area contributed by atoms with Crippen LogP contribution in [-0.2, 0) is 6.54 Å². The maximum Gasteiger partial charge on any atom is 0.273 e. The summed E-state index contributed by atoms with van der Waals surface area (Å²) in [6.07, 6.45) is 2.64. The van der Waals surface area contributed by atoms with E-state index >= 15 is 0 Å². The smallest absolute Gasteiger partial charge is 0.273 e. The molecule has 1 atom stereocenters. The molecule has 0 radical (unpaired) electrons. The minimum Gasteiger partial charge on any atom is -0.451 e. The molecule has 1 fully saturated rings. The summed E-state index contributed by atoms with van der Waals surface area (Å²) in [7, 11) is 0. The second-order valence-electron chi connectivity index (χ2n) is 7.18. The first kappa shape index (κ1) is 16.2. The molecule has 1 aliphatic rings. The zero-order valence-electron chi connectivity index (χ0n) is 14.2. The number of fused-ring (bicyclic) bond motifs is 1. The zero-order valence-corrected chi connectivity index (χ0v) is 15.0. The first-order valence-corrected chi connectivity index (χ1v) is 9.05. The lowest BCUT2D eigenvalue weighted by Crippen LogP contribution is -2.44. The Bertz CT molecular complexity index is 888. The molecule has 4 rings (SSSR count). The maximum absolute atomic E-state index is 12.3. The van der Waals surface area contributed by atoms with Gasteiger partial charge in [-0.1, -0.05) is 32.0 Å². The monoisotopic (exact) mass is 356 g/mol. The van der Waals surface area contributed by atoms with Gasteiger partial charge in [-0.3, -0.25) is 9.69 Å². The number of nitrogens with zero attached hydrogens (tertiary/aromatic N) is 3. The van der Waals surface area contributed by atoms with Crippen molar-refractivity contribution < 1.29 is 9.21 Å². The van der Waals surface area contributed by atoms with Crippen molar-refractivity contribution in [2.24, 2.45) is 5.41 Å². The van der Waals surface area contributed by atoms with Crippen LogP contribution in [0.1, 0.15) is 30.0 Å². The Hall–Kier alpha value is -2.25. The third-order valence-electron chi connectivity index (χ3n) is 4.81. The van der Waals surface area contributed by atoms with Crippen LogP contribution >= 0.6 is 11.5 Å². The summed E-state index contributed by atoms with van der Waals surface area (Å²) in [6, 6.07) is 8.37. The third kappa shape index (κ3) is 3.17. The standard InChI is InChI=1S/C18H20N4O2S/c1-18(2)10-22(7-13-12-5-3-4-6-15(12)25-21-13)8-16(18)20-17(23)14-9-24-11-19-14/h3-6,9,11,16H,7-8,10H2,1-2H3,(H,20,23). The SMILES string of the molecule is CC1(C)CN(Cc2nsc3ccccc23)CC1NC(=O)c1cocn1. The summed E-state index contributed by atoms with van der Waals surface area (Å²) >= 11 is 1.54. The highest BCUT2D eigenvalue weighted by Gasteiger charge is 2.40. The summed E-state index contributed by atoms with van der Waals surface area (Å²) in [5.41, 5.74) is 1.41. The molecule has 7 heteroatoms. The van der Waals surface area contributed by atoms with Gasteiger partial charge in [-0.05, 0) is 23.0 Å². The maximum atomic E-state index is 12.3. The number of aromatic nitrogens is 2. The van der Waals surface area contributed by atoms with Crippen LogP contribution in [0.4, 0.5) is 0 Å². The Balaban J connectivity index is 1.47. The molecule has 1 aromatic carbocycles. The highest BCUT2D eigenvalue weighted by molar-refractivity contribution is 7.13. The first-order chi connectivity index (χ1) is 12.0. The van der Waals surface area contributed by atoms with Gasteiger partial charge in [-0.2, -0.15) is 4.37 Å². The highest BCUT2D eigenvalue weighted by Crippen LogP contribution is 2.32.